The summed E-state index contributed by atoms with van der Waals surface area (Å²) in [5, 5.41) is 0. The zero-order valence-electron chi connectivity index (χ0n) is 19.0. The Morgan fingerprint density at radius 2 is 1.43 bits per heavy atom. The monoisotopic (exact) mass is 510 g/mol. The van der Waals surface area contributed by atoms with E-state index in [0.29, 0.717) is 11.5 Å². The standard InChI is InChI=1S/C25H26F8O2/c1-2-3-4-5-15-6-8-16(9-7-15)17-10-11-19(20(26)12-17)24(29,30)34-18-13-21(27)23(22(28)14-18)35-25(31,32)33/h10-16H,2-9H2,1H3/t15-,16-. The van der Waals surface area contributed by atoms with Gasteiger partial charge in [0.15, 0.2) is 11.6 Å². The Balaban J connectivity index is 1.69. The molecule has 0 spiro atoms. The molecule has 1 aliphatic carbocycles. The van der Waals surface area contributed by atoms with Gasteiger partial charge in [-0.1, -0.05) is 38.7 Å². The van der Waals surface area contributed by atoms with E-state index in [0.717, 1.165) is 50.7 Å². The Labute approximate surface area is 198 Å². The Kier molecular flexibility index (Phi) is 8.54. The maximum absolute atomic E-state index is 14.6. The van der Waals surface area contributed by atoms with Crippen LogP contribution in [0.1, 0.15) is 75.3 Å². The zero-order valence-corrected chi connectivity index (χ0v) is 19.0. The van der Waals surface area contributed by atoms with Crippen LogP contribution in [0.25, 0.3) is 0 Å². The van der Waals surface area contributed by atoms with Gasteiger partial charge in [-0.3, -0.25) is 0 Å². The lowest BCUT2D eigenvalue weighted by molar-refractivity contribution is -0.276. The molecule has 2 aromatic rings. The summed E-state index contributed by atoms with van der Waals surface area (Å²) in [7, 11) is 0. The number of rotatable bonds is 9. The van der Waals surface area contributed by atoms with E-state index in [1.807, 2.05) is 0 Å². The van der Waals surface area contributed by atoms with Crippen LogP contribution in [0.5, 0.6) is 11.5 Å². The average Bonchev–Trinajstić information content (AvgIpc) is 2.76. The van der Waals surface area contributed by atoms with Crippen molar-refractivity contribution in [1.82, 2.24) is 0 Å². The van der Waals surface area contributed by atoms with Crippen molar-refractivity contribution in [3.8, 4) is 11.5 Å². The van der Waals surface area contributed by atoms with E-state index < -0.39 is 47.0 Å². The largest absolute Gasteiger partial charge is 0.573 e. The van der Waals surface area contributed by atoms with Gasteiger partial charge in [0.05, 0.1) is 5.56 Å². The highest BCUT2D eigenvalue weighted by atomic mass is 19.4. The molecule has 2 aromatic carbocycles. The second-order valence-electron chi connectivity index (χ2n) is 8.84. The maximum Gasteiger partial charge on any atom is 0.573 e. The molecule has 194 valence electrons. The SMILES string of the molecule is CCCCC[C@H]1CC[C@H](c2ccc(C(F)(F)Oc3cc(F)c(OC(F)(F)F)c(F)c3)c(F)c2)CC1. The van der Waals surface area contributed by atoms with Gasteiger partial charge in [0.1, 0.15) is 11.6 Å². The molecular formula is C25H26F8O2. The molecule has 0 bridgehead atoms. The third-order valence-corrected chi connectivity index (χ3v) is 6.28. The van der Waals surface area contributed by atoms with Gasteiger partial charge in [0.2, 0.25) is 5.75 Å². The van der Waals surface area contributed by atoms with Gasteiger partial charge in [-0.15, -0.1) is 13.2 Å². The van der Waals surface area contributed by atoms with Gasteiger partial charge >= 0.3 is 12.5 Å². The highest BCUT2D eigenvalue weighted by Gasteiger charge is 2.39. The Morgan fingerprint density at radius 1 is 0.800 bits per heavy atom. The minimum atomic E-state index is -5.40. The van der Waals surface area contributed by atoms with Crippen LogP contribution >= 0.6 is 0 Å². The minimum absolute atomic E-state index is 0.0416. The lowest BCUT2D eigenvalue weighted by atomic mass is 9.77. The second kappa shape index (κ2) is 11.0. The van der Waals surface area contributed by atoms with Crippen molar-refractivity contribution in [1.29, 1.82) is 0 Å². The van der Waals surface area contributed by atoms with E-state index in [-0.39, 0.29) is 18.1 Å². The Bertz CT molecular complexity index is 974. The van der Waals surface area contributed by atoms with Crippen LogP contribution < -0.4 is 9.47 Å². The van der Waals surface area contributed by atoms with Gasteiger partial charge in [0, 0.05) is 12.1 Å². The third kappa shape index (κ3) is 7.24. The zero-order chi connectivity index (χ0) is 25.8. The van der Waals surface area contributed by atoms with E-state index >= 15 is 0 Å². The average molecular weight is 510 g/mol. The summed E-state index contributed by atoms with van der Waals surface area (Å²) in [4.78, 5) is 0. The summed E-state index contributed by atoms with van der Waals surface area (Å²) in [5.74, 6) is -7.36. The first-order valence-electron chi connectivity index (χ1n) is 11.5. The number of hydrogen-bond donors (Lipinski definition) is 0. The number of benzene rings is 2. The molecule has 3 rings (SSSR count). The Morgan fingerprint density at radius 3 is 1.97 bits per heavy atom. The molecule has 0 N–H and O–H groups in total. The highest BCUT2D eigenvalue weighted by Crippen LogP contribution is 2.41. The molecule has 1 aliphatic rings. The van der Waals surface area contributed by atoms with Gasteiger partial charge in [0.25, 0.3) is 0 Å². The number of hydrogen-bond acceptors (Lipinski definition) is 2. The molecule has 1 saturated carbocycles. The first-order valence-corrected chi connectivity index (χ1v) is 11.5. The molecule has 0 heterocycles. The number of halogens is 8. The molecule has 0 amide bonds. The normalized spacial score (nSPS) is 19.0. The quantitative estimate of drug-likeness (QED) is 0.248. The Hall–Kier alpha value is -2.52. The number of unbranched alkanes of at least 4 members (excludes halogenated alkanes) is 2. The number of ether oxygens (including phenoxy) is 2. The van der Waals surface area contributed by atoms with E-state index in [9.17, 15) is 35.1 Å². The van der Waals surface area contributed by atoms with Crippen LogP contribution in [-0.2, 0) is 6.11 Å². The van der Waals surface area contributed by atoms with Gasteiger partial charge in [-0.25, -0.2) is 13.2 Å². The summed E-state index contributed by atoms with van der Waals surface area (Å²) >= 11 is 0. The molecule has 0 aromatic heterocycles. The lowest BCUT2D eigenvalue weighted by Gasteiger charge is -2.29. The first-order chi connectivity index (χ1) is 16.4. The van der Waals surface area contributed by atoms with Crippen LogP contribution in [0.2, 0.25) is 0 Å². The molecule has 0 unspecified atom stereocenters. The molecule has 0 atom stereocenters. The van der Waals surface area contributed by atoms with Crippen molar-refractivity contribution < 1.29 is 44.6 Å². The molecular weight excluding hydrogens is 484 g/mol. The molecule has 0 radical (unpaired) electrons. The van der Waals surface area contributed by atoms with Crippen LogP contribution in [0, 0.1) is 23.4 Å². The topological polar surface area (TPSA) is 18.5 Å². The fraction of sp³-hybridized carbons (Fsp3) is 0.520. The summed E-state index contributed by atoms with van der Waals surface area (Å²) in [5.41, 5.74) is -0.578. The summed E-state index contributed by atoms with van der Waals surface area (Å²) in [6.45, 7) is 2.14. The van der Waals surface area contributed by atoms with Gasteiger partial charge in [-0.05, 0) is 55.2 Å². The van der Waals surface area contributed by atoms with Crippen LogP contribution in [-0.4, -0.2) is 6.36 Å². The van der Waals surface area contributed by atoms with E-state index in [2.05, 4.69) is 16.4 Å². The minimum Gasteiger partial charge on any atom is -0.429 e. The van der Waals surface area contributed by atoms with Crippen molar-refractivity contribution in [2.45, 2.75) is 76.7 Å². The summed E-state index contributed by atoms with van der Waals surface area (Å²) in [6.07, 6.45) is -1.44. The third-order valence-electron chi connectivity index (χ3n) is 6.28. The number of alkyl halides is 5. The van der Waals surface area contributed by atoms with Crippen molar-refractivity contribution in [3.05, 3.63) is 58.9 Å². The lowest BCUT2D eigenvalue weighted by Crippen LogP contribution is -2.24. The molecule has 1 fully saturated rings. The van der Waals surface area contributed by atoms with E-state index in [1.165, 1.54) is 18.9 Å². The van der Waals surface area contributed by atoms with Crippen LogP contribution in [0.3, 0.4) is 0 Å². The first kappa shape index (κ1) is 27.1. The van der Waals surface area contributed by atoms with Gasteiger partial charge < -0.3 is 9.47 Å². The van der Waals surface area contributed by atoms with Crippen LogP contribution in [0.15, 0.2) is 30.3 Å². The molecule has 0 saturated heterocycles. The van der Waals surface area contributed by atoms with Crippen molar-refractivity contribution in [3.63, 3.8) is 0 Å². The summed E-state index contributed by atoms with van der Waals surface area (Å²) < 4.78 is 116. The fourth-order valence-corrected chi connectivity index (χ4v) is 4.50. The van der Waals surface area contributed by atoms with Crippen LogP contribution in [0.4, 0.5) is 35.1 Å². The molecule has 10 heteroatoms. The second-order valence-corrected chi connectivity index (χ2v) is 8.84. The van der Waals surface area contributed by atoms with E-state index in [1.54, 1.807) is 0 Å². The van der Waals surface area contributed by atoms with Gasteiger partial charge in [-0.2, -0.15) is 8.78 Å². The molecule has 2 nitrogen and oxygen atoms in total. The van der Waals surface area contributed by atoms with Crippen molar-refractivity contribution >= 4 is 0 Å². The predicted molar refractivity (Wildman–Crippen MR) is 113 cm³/mol. The van der Waals surface area contributed by atoms with Crippen molar-refractivity contribution in [2.24, 2.45) is 5.92 Å². The molecule has 35 heavy (non-hydrogen) atoms. The molecule has 0 aliphatic heterocycles. The fourth-order valence-electron chi connectivity index (χ4n) is 4.50. The maximum atomic E-state index is 14.6. The summed E-state index contributed by atoms with van der Waals surface area (Å²) in [6, 6.07) is 3.44. The smallest absolute Gasteiger partial charge is 0.429 e. The van der Waals surface area contributed by atoms with Crippen molar-refractivity contribution in [2.75, 3.05) is 0 Å². The predicted octanol–water partition coefficient (Wildman–Crippen LogP) is 8.98. The van der Waals surface area contributed by atoms with E-state index in [4.69, 9.17) is 0 Å². The highest BCUT2D eigenvalue weighted by molar-refractivity contribution is 5.36.